The van der Waals surface area contributed by atoms with E-state index < -0.39 is 0 Å². The molecule has 0 unspecified atom stereocenters. The summed E-state index contributed by atoms with van der Waals surface area (Å²) < 4.78 is 14.8. The van der Waals surface area contributed by atoms with E-state index in [1.807, 2.05) is 13.8 Å². The van der Waals surface area contributed by atoms with E-state index in [1.165, 1.54) is 30.5 Å². The van der Waals surface area contributed by atoms with Gasteiger partial charge in [-0.2, -0.15) is 5.10 Å². The largest absolute Gasteiger partial charge is 0.396 e. The first kappa shape index (κ1) is 19.2. The topological polar surface area (TPSA) is 72.9 Å². The molecule has 27 heavy (non-hydrogen) atoms. The summed E-state index contributed by atoms with van der Waals surface area (Å²) in [6.07, 6.45) is 1.48. The van der Waals surface area contributed by atoms with Crippen molar-refractivity contribution in [3.8, 4) is 5.69 Å². The first-order valence-electron chi connectivity index (χ1n) is 8.17. The zero-order valence-electron chi connectivity index (χ0n) is 14.6. The third-order valence-electron chi connectivity index (χ3n) is 4.01. The van der Waals surface area contributed by atoms with Crippen LogP contribution in [-0.2, 0) is 0 Å². The van der Waals surface area contributed by atoms with Gasteiger partial charge < -0.3 is 11.1 Å². The average Bonchev–Trinajstić information content (AvgIpc) is 3.05. The Morgan fingerprint density at radius 1 is 1.19 bits per heavy atom. The molecule has 1 aromatic heterocycles. The fourth-order valence-electron chi connectivity index (χ4n) is 2.73. The SMILES string of the molecule is CC(C)c1c(C(=O)Nc2cc(Cl)c(N)c(Cl)c2)cnn1-c1ccc(F)cc1. The number of hydrogen-bond donors (Lipinski definition) is 2. The lowest BCUT2D eigenvalue weighted by atomic mass is 10.0. The monoisotopic (exact) mass is 406 g/mol. The predicted octanol–water partition coefficient (Wildman–Crippen LogP) is 5.28. The molecule has 3 rings (SSSR count). The predicted molar refractivity (Wildman–Crippen MR) is 106 cm³/mol. The number of carbonyl (C=O) groups excluding carboxylic acids is 1. The van der Waals surface area contributed by atoms with Crippen LogP contribution in [0.25, 0.3) is 5.69 Å². The fraction of sp³-hybridized carbons (Fsp3) is 0.158. The van der Waals surface area contributed by atoms with Crippen LogP contribution in [0.15, 0.2) is 42.6 Å². The second-order valence-corrected chi connectivity index (χ2v) is 7.11. The summed E-state index contributed by atoms with van der Waals surface area (Å²) in [7, 11) is 0. The molecule has 1 heterocycles. The number of nitrogen functional groups attached to an aromatic ring is 1. The van der Waals surface area contributed by atoms with E-state index in [1.54, 1.807) is 16.8 Å². The standard InChI is InChI=1S/C19H17Cl2FN4O/c1-10(2)18-14(9-24-26(18)13-5-3-11(22)4-6-13)19(27)25-12-7-15(20)17(23)16(21)8-12/h3-10H,23H2,1-2H3,(H,25,27). The Bertz CT molecular complexity index is 976. The molecule has 0 radical (unpaired) electrons. The second kappa shape index (κ2) is 7.58. The third-order valence-corrected chi connectivity index (χ3v) is 4.63. The first-order chi connectivity index (χ1) is 12.8. The number of rotatable bonds is 4. The van der Waals surface area contributed by atoms with Crippen molar-refractivity contribution in [3.63, 3.8) is 0 Å². The number of amides is 1. The van der Waals surface area contributed by atoms with E-state index in [0.29, 0.717) is 22.6 Å². The summed E-state index contributed by atoms with van der Waals surface area (Å²) in [6, 6.07) is 8.96. The smallest absolute Gasteiger partial charge is 0.259 e. The maximum absolute atomic E-state index is 13.2. The van der Waals surface area contributed by atoms with Gasteiger partial charge in [-0.15, -0.1) is 0 Å². The van der Waals surface area contributed by atoms with Crippen molar-refractivity contribution in [2.75, 3.05) is 11.1 Å². The summed E-state index contributed by atoms with van der Waals surface area (Å²) in [5.74, 6) is -0.701. The average molecular weight is 407 g/mol. The molecule has 5 nitrogen and oxygen atoms in total. The molecule has 0 fully saturated rings. The van der Waals surface area contributed by atoms with E-state index in [0.717, 1.165) is 0 Å². The molecule has 0 saturated heterocycles. The number of anilines is 2. The molecular formula is C19H17Cl2FN4O. The zero-order chi connectivity index (χ0) is 19.7. The van der Waals surface area contributed by atoms with Crippen LogP contribution in [0.2, 0.25) is 10.0 Å². The van der Waals surface area contributed by atoms with Gasteiger partial charge in [0.15, 0.2) is 0 Å². The van der Waals surface area contributed by atoms with Crippen molar-refractivity contribution in [1.82, 2.24) is 9.78 Å². The maximum Gasteiger partial charge on any atom is 0.259 e. The van der Waals surface area contributed by atoms with Crippen LogP contribution in [0, 0.1) is 5.82 Å². The summed E-state index contributed by atoms with van der Waals surface area (Å²) in [6.45, 7) is 3.90. The van der Waals surface area contributed by atoms with Gasteiger partial charge in [-0.25, -0.2) is 9.07 Å². The first-order valence-corrected chi connectivity index (χ1v) is 8.93. The van der Waals surface area contributed by atoms with E-state index in [2.05, 4.69) is 10.4 Å². The second-order valence-electron chi connectivity index (χ2n) is 6.29. The van der Waals surface area contributed by atoms with Crippen LogP contribution in [0.3, 0.4) is 0 Å². The fourth-order valence-corrected chi connectivity index (χ4v) is 3.22. The van der Waals surface area contributed by atoms with E-state index in [4.69, 9.17) is 28.9 Å². The van der Waals surface area contributed by atoms with Gasteiger partial charge in [-0.05, 0) is 42.3 Å². The van der Waals surface area contributed by atoms with Crippen molar-refractivity contribution in [1.29, 1.82) is 0 Å². The molecule has 0 bridgehead atoms. The van der Waals surface area contributed by atoms with E-state index >= 15 is 0 Å². The summed E-state index contributed by atoms with van der Waals surface area (Å²) in [5.41, 5.74) is 8.16. The molecule has 8 heteroatoms. The Morgan fingerprint density at radius 3 is 2.33 bits per heavy atom. The lowest BCUT2D eigenvalue weighted by Gasteiger charge is -2.13. The van der Waals surface area contributed by atoms with Crippen molar-refractivity contribution in [3.05, 3.63) is 69.7 Å². The third kappa shape index (κ3) is 3.91. The van der Waals surface area contributed by atoms with Crippen LogP contribution >= 0.6 is 23.2 Å². The van der Waals surface area contributed by atoms with Crippen molar-refractivity contribution in [2.24, 2.45) is 0 Å². The number of hydrogen-bond acceptors (Lipinski definition) is 3. The summed E-state index contributed by atoms with van der Waals surface area (Å²) in [4.78, 5) is 12.8. The van der Waals surface area contributed by atoms with Gasteiger partial charge >= 0.3 is 0 Å². The van der Waals surface area contributed by atoms with Crippen LogP contribution in [0.4, 0.5) is 15.8 Å². The number of benzene rings is 2. The molecule has 0 spiro atoms. The highest BCUT2D eigenvalue weighted by atomic mass is 35.5. The highest BCUT2D eigenvalue weighted by Crippen LogP contribution is 2.32. The molecule has 3 N–H and O–H groups in total. The Balaban J connectivity index is 1.97. The van der Waals surface area contributed by atoms with Gasteiger partial charge in [0.2, 0.25) is 0 Å². The van der Waals surface area contributed by atoms with E-state index in [-0.39, 0.29) is 33.4 Å². The van der Waals surface area contributed by atoms with Crippen LogP contribution in [0.1, 0.15) is 35.8 Å². The number of nitrogens with one attached hydrogen (secondary N) is 1. The van der Waals surface area contributed by atoms with Gasteiger partial charge in [-0.3, -0.25) is 4.79 Å². The number of halogens is 3. The molecule has 0 atom stereocenters. The Hall–Kier alpha value is -2.57. The molecular weight excluding hydrogens is 390 g/mol. The van der Waals surface area contributed by atoms with Crippen LogP contribution < -0.4 is 11.1 Å². The molecule has 2 aromatic carbocycles. The minimum absolute atomic E-state index is 0.00287. The maximum atomic E-state index is 13.2. The lowest BCUT2D eigenvalue weighted by molar-refractivity contribution is 0.102. The molecule has 0 aliphatic rings. The van der Waals surface area contributed by atoms with Crippen molar-refractivity contribution >= 4 is 40.5 Å². The molecule has 1 amide bonds. The molecule has 3 aromatic rings. The molecule has 140 valence electrons. The Kier molecular flexibility index (Phi) is 5.39. The van der Waals surface area contributed by atoms with Crippen LogP contribution in [-0.4, -0.2) is 15.7 Å². The quantitative estimate of drug-likeness (QED) is 0.579. The van der Waals surface area contributed by atoms with Crippen LogP contribution in [0.5, 0.6) is 0 Å². The van der Waals surface area contributed by atoms with Gasteiger partial charge in [0, 0.05) is 5.69 Å². The minimum Gasteiger partial charge on any atom is -0.396 e. The van der Waals surface area contributed by atoms with Gasteiger partial charge in [0.05, 0.1) is 38.9 Å². The van der Waals surface area contributed by atoms with Gasteiger partial charge in [0.25, 0.3) is 5.91 Å². The Labute approximate surface area is 165 Å². The summed E-state index contributed by atoms with van der Waals surface area (Å²) >= 11 is 12.0. The van der Waals surface area contributed by atoms with Gasteiger partial charge in [-0.1, -0.05) is 37.0 Å². The van der Waals surface area contributed by atoms with Crippen molar-refractivity contribution < 1.29 is 9.18 Å². The normalized spacial score (nSPS) is 11.0. The number of carbonyl (C=O) groups is 1. The van der Waals surface area contributed by atoms with Crippen molar-refractivity contribution in [2.45, 2.75) is 19.8 Å². The van der Waals surface area contributed by atoms with Gasteiger partial charge in [0.1, 0.15) is 5.82 Å². The zero-order valence-corrected chi connectivity index (χ0v) is 16.1. The number of nitrogens with two attached hydrogens (primary N) is 1. The molecule has 0 saturated carbocycles. The number of aromatic nitrogens is 2. The van der Waals surface area contributed by atoms with E-state index in [9.17, 15) is 9.18 Å². The highest BCUT2D eigenvalue weighted by Gasteiger charge is 2.21. The molecule has 0 aliphatic heterocycles. The lowest BCUT2D eigenvalue weighted by Crippen LogP contribution is -2.15. The summed E-state index contributed by atoms with van der Waals surface area (Å²) in [5, 5.41) is 7.58. The minimum atomic E-state index is -0.357. The Morgan fingerprint density at radius 2 is 1.78 bits per heavy atom. The highest BCUT2D eigenvalue weighted by molar-refractivity contribution is 6.39. The molecule has 0 aliphatic carbocycles. The number of nitrogens with zero attached hydrogens (tertiary/aromatic N) is 2.